The lowest BCUT2D eigenvalue weighted by Crippen LogP contribution is -1.94. The van der Waals surface area contributed by atoms with Crippen LogP contribution in [0.5, 0.6) is 0 Å². The molecule has 0 aromatic carbocycles. The summed E-state index contributed by atoms with van der Waals surface area (Å²) in [7, 11) is 0. The highest BCUT2D eigenvalue weighted by Crippen LogP contribution is 2.23. The highest BCUT2D eigenvalue weighted by Gasteiger charge is 2.11. The summed E-state index contributed by atoms with van der Waals surface area (Å²) in [5, 5.41) is 25.7. The molecule has 0 bridgehead atoms. The van der Waals surface area contributed by atoms with E-state index in [1.54, 1.807) is 24.7 Å². The summed E-state index contributed by atoms with van der Waals surface area (Å²) in [6, 6.07) is 14.0. The molecular formula is C28H18BrFN10O3. The second-order valence-corrected chi connectivity index (χ2v) is 8.47. The number of halogens is 2. The maximum Gasteiger partial charge on any atom is 0.230 e. The predicted molar refractivity (Wildman–Crippen MR) is 153 cm³/mol. The molecule has 0 saturated carbocycles. The van der Waals surface area contributed by atoms with Gasteiger partial charge < -0.3 is 24.7 Å². The molecule has 212 valence electrons. The first kappa shape index (κ1) is 31.2. The van der Waals surface area contributed by atoms with Gasteiger partial charge in [-0.15, -0.1) is 0 Å². The SMILES string of the molecule is N#Cc1cnc(F)c(-c2ncco2)c1.N#Cc1cnc(N)c(-c2ncco2)c1.N#Cc1cnc(N)c(Br)c1.c1ccoc1. The minimum Gasteiger partial charge on any atom is -0.473 e. The van der Waals surface area contributed by atoms with E-state index in [-0.39, 0.29) is 17.0 Å². The van der Waals surface area contributed by atoms with E-state index < -0.39 is 5.95 Å². The Morgan fingerprint density at radius 3 is 1.60 bits per heavy atom. The molecular weight excluding hydrogens is 623 g/mol. The number of aromatic nitrogens is 5. The standard InChI is InChI=1S/C9H4FN3O.C9H6N4O.C6H4BrN3.C4H4O/c10-8-7(9-12-1-2-14-9)3-6(4-11)5-13-8;10-4-6-3-7(8(11)13-5-6)9-12-1-2-14-9;7-5-1-4(2-8)3-10-6(5)9;1-2-4-5-3-1/h1-3,5H;1-3,5H,(H2,11,13);1,3H,(H2,9,10);1-4H. The summed E-state index contributed by atoms with van der Waals surface area (Å²) in [6.07, 6.45) is 12.9. The highest BCUT2D eigenvalue weighted by atomic mass is 79.9. The van der Waals surface area contributed by atoms with Gasteiger partial charge in [0.15, 0.2) is 0 Å². The van der Waals surface area contributed by atoms with Crippen molar-refractivity contribution in [3.63, 3.8) is 0 Å². The zero-order valence-corrected chi connectivity index (χ0v) is 23.4. The fourth-order valence-electron chi connectivity index (χ4n) is 2.82. The van der Waals surface area contributed by atoms with E-state index in [4.69, 9.17) is 36.1 Å². The molecule has 6 aromatic heterocycles. The summed E-state index contributed by atoms with van der Waals surface area (Å²) in [5.74, 6) is 0.483. The summed E-state index contributed by atoms with van der Waals surface area (Å²) in [6.45, 7) is 0. The van der Waals surface area contributed by atoms with E-state index in [0.717, 1.165) is 6.20 Å². The van der Waals surface area contributed by atoms with Crippen molar-refractivity contribution >= 4 is 27.6 Å². The van der Waals surface area contributed by atoms with Gasteiger partial charge in [0.1, 0.15) is 42.4 Å². The first-order chi connectivity index (χ1) is 20.9. The minimum absolute atomic E-state index is 0.0917. The lowest BCUT2D eigenvalue weighted by atomic mass is 10.2. The zero-order chi connectivity index (χ0) is 31.0. The number of hydrogen-bond donors (Lipinski definition) is 2. The molecule has 0 spiro atoms. The van der Waals surface area contributed by atoms with Crippen LogP contribution in [0.3, 0.4) is 0 Å². The molecule has 0 unspecified atom stereocenters. The van der Waals surface area contributed by atoms with Gasteiger partial charge in [0.2, 0.25) is 17.7 Å². The molecule has 4 N–H and O–H groups in total. The summed E-state index contributed by atoms with van der Waals surface area (Å²) < 4.78 is 28.3. The monoisotopic (exact) mass is 640 g/mol. The predicted octanol–water partition coefficient (Wildman–Crippen LogP) is 5.52. The summed E-state index contributed by atoms with van der Waals surface area (Å²) >= 11 is 3.15. The van der Waals surface area contributed by atoms with E-state index in [9.17, 15) is 4.39 Å². The van der Waals surface area contributed by atoms with Gasteiger partial charge in [0, 0.05) is 18.6 Å². The van der Waals surface area contributed by atoms with Crippen LogP contribution in [0.15, 0.2) is 104 Å². The molecule has 0 aliphatic rings. The van der Waals surface area contributed by atoms with Gasteiger partial charge >= 0.3 is 0 Å². The van der Waals surface area contributed by atoms with Crippen molar-refractivity contribution in [2.45, 2.75) is 0 Å². The number of rotatable bonds is 2. The average Bonchev–Trinajstić information content (AvgIpc) is 3.85. The number of furan rings is 1. The van der Waals surface area contributed by atoms with E-state index in [2.05, 4.69) is 45.3 Å². The van der Waals surface area contributed by atoms with Gasteiger partial charge in [-0.1, -0.05) is 0 Å². The van der Waals surface area contributed by atoms with Gasteiger partial charge in [-0.3, -0.25) is 0 Å². The van der Waals surface area contributed by atoms with Crippen molar-refractivity contribution in [1.82, 2.24) is 24.9 Å². The van der Waals surface area contributed by atoms with Crippen molar-refractivity contribution in [3.05, 3.63) is 113 Å². The molecule has 6 aromatic rings. The van der Waals surface area contributed by atoms with Crippen molar-refractivity contribution in [2.24, 2.45) is 0 Å². The number of oxazole rings is 2. The lowest BCUT2D eigenvalue weighted by Gasteiger charge is -1.99. The van der Waals surface area contributed by atoms with E-state index in [0.29, 0.717) is 38.7 Å². The Hall–Kier alpha value is -6.37. The van der Waals surface area contributed by atoms with Crippen molar-refractivity contribution in [1.29, 1.82) is 15.8 Å². The largest absolute Gasteiger partial charge is 0.473 e. The molecule has 6 rings (SSSR count). The zero-order valence-electron chi connectivity index (χ0n) is 21.8. The van der Waals surface area contributed by atoms with E-state index >= 15 is 0 Å². The molecule has 6 heterocycles. The van der Waals surface area contributed by atoms with Gasteiger partial charge in [-0.2, -0.15) is 20.2 Å². The third kappa shape index (κ3) is 9.36. The molecule has 0 saturated heterocycles. The Bertz CT molecular complexity index is 1750. The van der Waals surface area contributed by atoms with Crippen molar-refractivity contribution < 1.29 is 17.6 Å². The first-order valence-electron chi connectivity index (χ1n) is 11.7. The van der Waals surface area contributed by atoms with Crippen LogP contribution in [0.2, 0.25) is 0 Å². The normalized spacial score (nSPS) is 9.28. The Labute approximate surface area is 251 Å². The van der Waals surface area contributed by atoms with Crippen LogP contribution < -0.4 is 11.5 Å². The van der Waals surface area contributed by atoms with Crippen LogP contribution in [-0.4, -0.2) is 24.9 Å². The third-order valence-corrected chi connectivity index (χ3v) is 5.40. The molecule has 0 atom stereocenters. The fraction of sp³-hybridized carbons (Fsp3) is 0. The van der Waals surface area contributed by atoms with E-state index in [1.165, 1.54) is 43.4 Å². The molecule has 15 heteroatoms. The van der Waals surface area contributed by atoms with Crippen LogP contribution >= 0.6 is 15.9 Å². The molecule has 0 aliphatic heterocycles. The number of nitrogens with two attached hydrogens (primary N) is 2. The van der Waals surface area contributed by atoms with Crippen LogP contribution in [0.1, 0.15) is 16.7 Å². The number of hydrogen-bond acceptors (Lipinski definition) is 13. The third-order valence-electron chi connectivity index (χ3n) is 4.77. The van der Waals surface area contributed by atoms with Gasteiger partial charge in [-0.05, 0) is 46.3 Å². The maximum atomic E-state index is 13.1. The second-order valence-electron chi connectivity index (χ2n) is 7.61. The molecule has 0 fully saturated rings. The number of anilines is 2. The maximum absolute atomic E-state index is 13.1. The molecule has 0 aliphatic carbocycles. The summed E-state index contributed by atoms with van der Waals surface area (Å²) in [5.41, 5.74) is 12.8. The molecule has 0 amide bonds. The van der Waals surface area contributed by atoms with Gasteiger partial charge in [0.05, 0.1) is 57.2 Å². The summed E-state index contributed by atoms with van der Waals surface area (Å²) in [4.78, 5) is 18.7. The minimum atomic E-state index is -0.702. The Balaban J connectivity index is 0.000000165. The second kappa shape index (κ2) is 16.0. The Morgan fingerprint density at radius 2 is 1.14 bits per heavy atom. The highest BCUT2D eigenvalue weighted by molar-refractivity contribution is 9.10. The average molecular weight is 641 g/mol. The molecule has 13 nitrogen and oxygen atoms in total. The Morgan fingerprint density at radius 1 is 0.651 bits per heavy atom. The van der Waals surface area contributed by atoms with Gasteiger partial charge in [-0.25, -0.2) is 24.9 Å². The number of nitrogen functional groups attached to an aromatic ring is 2. The topological polar surface area (TPSA) is 227 Å². The quantitative estimate of drug-likeness (QED) is 0.222. The van der Waals surface area contributed by atoms with Gasteiger partial charge in [0.25, 0.3) is 0 Å². The van der Waals surface area contributed by atoms with Crippen LogP contribution in [-0.2, 0) is 0 Å². The molecule has 43 heavy (non-hydrogen) atoms. The lowest BCUT2D eigenvalue weighted by molar-refractivity contribution is 0.549. The first-order valence-corrected chi connectivity index (χ1v) is 12.4. The van der Waals surface area contributed by atoms with Crippen LogP contribution in [0.4, 0.5) is 16.0 Å². The van der Waals surface area contributed by atoms with E-state index in [1.807, 2.05) is 30.3 Å². The number of nitrogens with zero attached hydrogens (tertiary/aromatic N) is 8. The fourth-order valence-corrected chi connectivity index (χ4v) is 3.17. The molecule has 0 radical (unpaired) electrons. The van der Waals surface area contributed by atoms with Crippen LogP contribution in [0.25, 0.3) is 22.9 Å². The Kier molecular flexibility index (Phi) is 11.6. The number of pyridine rings is 3. The van der Waals surface area contributed by atoms with Crippen LogP contribution in [0, 0.1) is 39.9 Å². The van der Waals surface area contributed by atoms with Crippen molar-refractivity contribution in [2.75, 3.05) is 11.5 Å². The van der Waals surface area contributed by atoms with Crippen molar-refractivity contribution in [3.8, 4) is 41.1 Å². The number of nitriles is 3. The smallest absolute Gasteiger partial charge is 0.230 e.